The number of methoxy groups -OCH3 is 1. The molecule has 0 heterocycles. The molecule has 0 aliphatic carbocycles. The van der Waals surface area contributed by atoms with E-state index < -0.39 is 11.9 Å². The topological polar surface area (TPSA) is 82.4 Å². The van der Waals surface area contributed by atoms with Gasteiger partial charge in [0.05, 0.1) is 7.11 Å². The first kappa shape index (κ1) is 15.1. The van der Waals surface area contributed by atoms with Gasteiger partial charge in [0, 0.05) is 5.56 Å². The standard InChI is InChI=1S/C16H13N3O3/c1-22-14-10-6-5-9-13(14)19(11-17)16(21)18-15(20)12-7-3-2-4-8-12/h2-10H,1H3,(H,18,20,21). The predicted octanol–water partition coefficient (Wildman–Crippen LogP) is 2.53. The minimum Gasteiger partial charge on any atom is -0.495 e. The fraction of sp³-hybridized carbons (Fsp3) is 0.0625. The summed E-state index contributed by atoms with van der Waals surface area (Å²) in [5, 5.41) is 11.4. The molecule has 0 aromatic heterocycles. The van der Waals surface area contributed by atoms with Gasteiger partial charge in [-0.15, -0.1) is 0 Å². The molecule has 0 saturated heterocycles. The Hall–Kier alpha value is -3.33. The number of urea groups is 1. The molecule has 0 atom stereocenters. The van der Waals surface area contributed by atoms with Crippen molar-refractivity contribution in [1.82, 2.24) is 5.32 Å². The summed E-state index contributed by atoms with van der Waals surface area (Å²) in [6.07, 6.45) is 1.74. The average Bonchev–Trinajstić information content (AvgIpc) is 2.56. The smallest absolute Gasteiger partial charge is 0.342 e. The Kier molecular flexibility index (Phi) is 4.73. The van der Waals surface area contributed by atoms with Crippen molar-refractivity contribution in [3.63, 3.8) is 0 Å². The van der Waals surface area contributed by atoms with Gasteiger partial charge >= 0.3 is 6.03 Å². The minimum atomic E-state index is -0.846. The second kappa shape index (κ2) is 6.90. The summed E-state index contributed by atoms with van der Waals surface area (Å²) in [6, 6.07) is 14.0. The number of benzene rings is 2. The number of carbonyl (C=O) groups is 2. The molecule has 0 spiro atoms. The molecule has 2 aromatic rings. The number of anilines is 1. The van der Waals surface area contributed by atoms with Crippen molar-refractivity contribution in [2.24, 2.45) is 0 Å². The van der Waals surface area contributed by atoms with Crippen LogP contribution in [-0.4, -0.2) is 19.0 Å². The van der Waals surface area contributed by atoms with Crippen LogP contribution in [0.25, 0.3) is 0 Å². The maximum atomic E-state index is 12.1. The molecule has 0 aliphatic rings. The van der Waals surface area contributed by atoms with E-state index in [0.717, 1.165) is 4.90 Å². The number of para-hydroxylation sites is 2. The van der Waals surface area contributed by atoms with Crippen LogP contribution in [0.15, 0.2) is 54.6 Å². The SMILES string of the molecule is COc1ccccc1N(C#N)C(=O)NC(=O)c1ccccc1. The molecule has 110 valence electrons. The number of hydrogen-bond acceptors (Lipinski definition) is 4. The van der Waals surface area contributed by atoms with Gasteiger partial charge in [-0.2, -0.15) is 10.2 Å². The zero-order valence-corrected chi connectivity index (χ0v) is 11.8. The summed E-state index contributed by atoms with van der Waals surface area (Å²) in [5.41, 5.74) is 0.583. The van der Waals surface area contributed by atoms with Gasteiger partial charge in [0.25, 0.3) is 5.91 Å². The van der Waals surface area contributed by atoms with Crippen molar-refractivity contribution in [2.75, 3.05) is 12.0 Å². The molecule has 2 aromatic carbocycles. The van der Waals surface area contributed by atoms with E-state index >= 15 is 0 Å². The third kappa shape index (κ3) is 3.22. The van der Waals surface area contributed by atoms with E-state index in [1.54, 1.807) is 60.8 Å². The number of amides is 3. The quantitative estimate of drug-likeness (QED) is 0.696. The fourth-order valence-corrected chi connectivity index (χ4v) is 1.84. The Morgan fingerprint density at radius 3 is 2.36 bits per heavy atom. The van der Waals surface area contributed by atoms with Gasteiger partial charge in [0.15, 0.2) is 6.19 Å². The van der Waals surface area contributed by atoms with E-state index in [9.17, 15) is 14.9 Å². The molecule has 0 unspecified atom stereocenters. The summed E-state index contributed by atoms with van der Waals surface area (Å²) in [5.74, 6) is -0.230. The second-order valence-electron chi connectivity index (χ2n) is 4.23. The van der Waals surface area contributed by atoms with Gasteiger partial charge < -0.3 is 4.74 Å². The third-order valence-corrected chi connectivity index (χ3v) is 2.89. The summed E-state index contributed by atoms with van der Waals surface area (Å²) < 4.78 is 5.11. The first-order chi connectivity index (χ1) is 10.7. The highest BCUT2D eigenvalue weighted by molar-refractivity contribution is 6.10. The van der Waals surface area contributed by atoms with Crippen LogP contribution < -0.4 is 15.0 Å². The van der Waals surface area contributed by atoms with Crippen LogP contribution in [0, 0.1) is 11.5 Å². The van der Waals surface area contributed by atoms with Crippen molar-refractivity contribution in [3.05, 3.63) is 60.2 Å². The van der Waals surface area contributed by atoms with Crippen LogP contribution in [0.5, 0.6) is 5.75 Å². The number of nitrogens with one attached hydrogen (secondary N) is 1. The lowest BCUT2D eigenvalue weighted by molar-refractivity contribution is 0.0966. The third-order valence-electron chi connectivity index (χ3n) is 2.89. The summed E-state index contributed by atoms with van der Waals surface area (Å²) >= 11 is 0. The monoisotopic (exact) mass is 295 g/mol. The maximum Gasteiger partial charge on any atom is 0.342 e. The van der Waals surface area contributed by atoms with Crippen LogP contribution >= 0.6 is 0 Å². The predicted molar refractivity (Wildman–Crippen MR) is 80.4 cm³/mol. The number of imide groups is 1. The molecule has 2 rings (SSSR count). The summed E-state index contributed by atoms with van der Waals surface area (Å²) in [4.78, 5) is 24.9. The maximum absolute atomic E-state index is 12.1. The van der Waals surface area contributed by atoms with Crippen LogP contribution in [0.3, 0.4) is 0 Å². The molecule has 0 radical (unpaired) electrons. The van der Waals surface area contributed by atoms with Crippen molar-refractivity contribution in [2.45, 2.75) is 0 Å². The van der Waals surface area contributed by atoms with Crippen LogP contribution in [0.4, 0.5) is 10.5 Å². The van der Waals surface area contributed by atoms with E-state index in [1.807, 2.05) is 0 Å². The molecule has 6 heteroatoms. The van der Waals surface area contributed by atoms with Crippen LogP contribution in [-0.2, 0) is 0 Å². The van der Waals surface area contributed by atoms with Gasteiger partial charge in [0.1, 0.15) is 11.4 Å². The van der Waals surface area contributed by atoms with E-state index in [0.29, 0.717) is 11.3 Å². The van der Waals surface area contributed by atoms with E-state index in [2.05, 4.69) is 5.32 Å². The molecule has 6 nitrogen and oxygen atoms in total. The first-order valence-corrected chi connectivity index (χ1v) is 6.40. The molecule has 0 saturated carbocycles. The number of hydrogen-bond donors (Lipinski definition) is 1. The molecule has 1 N–H and O–H groups in total. The van der Waals surface area contributed by atoms with E-state index in [4.69, 9.17) is 4.74 Å². The van der Waals surface area contributed by atoms with Gasteiger partial charge in [-0.25, -0.2) is 4.79 Å². The van der Waals surface area contributed by atoms with Gasteiger partial charge in [-0.05, 0) is 24.3 Å². The van der Waals surface area contributed by atoms with Gasteiger partial charge in [-0.1, -0.05) is 30.3 Å². The highest BCUT2D eigenvalue weighted by atomic mass is 16.5. The Labute approximate surface area is 127 Å². The van der Waals surface area contributed by atoms with Crippen molar-refractivity contribution in [3.8, 4) is 11.9 Å². The largest absolute Gasteiger partial charge is 0.495 e. The van der Waals surface area contributed by atoms with E-state index in [1.165, 1.54) is 7.11 Å². The van der Waals surface area contributed by atoms with Crippen LogP contribution in [0.1, 0.15) is 10.4 Å². The number of nitriles is 1. The lowest BCUT2D eigenvalue weighted by Gasteiger charge is -2.16. The molecule has 3 amide bonds. The number of nitrogens with zero attached hydrogens (tertiary/aromatic N) is 2. The highest BCUT2D eigenvalue weighted by Crippen LogP contribution is 2.27. The number of carbonyl (C=O) groups excluding carboxylic acids is 2. The van der Waals surface area contributed by atoms with Gasteiger partial charge in [0.2, 0.25) is 0 Å². The van der Waals surface area contributed by atoms with Crippen LogP contribution in [0.2, 0.25) is 0 Å². The average molecular weight is 295 g/mol. The Morgan fingerprint density at radius 2 is 1.73 bits per heavy atom. The highest BCUT2D eigenvalue weighted by Gasteiger charge is 2.21. The molecule has 22 heavy (non-hydrogen) atoms. The molecule has 0 aliphatic heterocycles. The van der Waals surface area contributed by atoms with Gasteiger partial charge in [-0.3, -0.25) is 10.1 Å². The van der Waals surface area contributed by atoms with E-state index in [-0.39, 0.29) is 5.69 Å². The summed E-state index contributed by atoms with van der Waals surface area (Å²) in [7, 11) is 1.43. The number of ether oxygens (including phenoxy) is 1. The number of rotatable bonds is 3. The molecule has 0 fully saturated rings. The Bertz CT molecular complexity index is 723. The van der Waals surface area contributed by atoms with Crippen molar-refractivity contribution >= 4 is 17.6 Å². The Morgan fingerprint density at radius 1 is 1.09 bits per heavy atom. The van der Waals surface area contributed by atoms with Crippen molar-refractivity contribution in [1.29, 1.82) is 5.26 Å². The normalized spacial score (nSPS) is 9.45. The Balaban J connectivity index is 2.20. The zero-order valence-electron chi connectivity index (χ0n) is 11.8. The lowest BCUT2D eigenvalue weighted by atomic mass is 10.2. The second-order valence-corrected chi connectivity index (χ2v) is 4.23. The molecule has 0 bridgehead atoms. The summed E-state index contributed by atoms with van der Waals surface area (Å²) in [6.45, 7) is 0. The minimum absolute atomic E-state index is 0.255. The lowest BCUT2D eigenvalue weighted by Crippen LogP contribution is -2.40. The molecular formula is C16H13N3O3. The first-order valence-electron chi connectivity index (χ1n) is 6.40. The fourth-order valence-electron chi connectivity index (χ4n) is 1.84. The molecular weight excluding hydrogens is 282 g/mol. The zero-order chi connectivity index (χ0) is 15.9. The van der Waals surface area contributed by atoms with Crippen molar-refractivity contribution < 1.29 is 14.3 Å².